The Bertz CT molecular complexity index is 691. The highest BCUT2D eigenvalue weighted by molar-refractivity contribution is 5.81. The number of carbonyl (C=O) groups excluding carboxylic acids is 2. The van der Waals surface area contributed by atoms with Gasteiger partial charge in [0.2, 0.25) is 11.8 Å². The number of hydrogen-bond donors (Lipinski definition) is 1. The van der Waals surface area contributed by atoms with E-state index in [1.54, 1.807) is 23.2 Å². The lowest BCUT2D eigenvalue weighted by atomic mass is 9.92. The van der Waals surface area contributed by atoms with Crippen molar-refractivity contribution in [1.82, 2.24) is 9.88 Å². The van der Waals surface area contributed by atoms with Crippen LogP contribution in [0.15, 0.2) is 18.3 Å². The molecule has 2 saturated heterocycles. The van der Waals surface area contributed by atoms with Gasteiger partial charge in [-0.2, -0.15) is 5.26 Å². The normalized spacial score (nSPS) is 21.6. The topological polar surface area (TPSA) is 103 Å². The number of nitriles is 1. The van der Waals surface area contributed by atoms with Gasteiger partial charge in [-0.05, 0) is 37.8 Å². The number of nitrogens with zero attached hydrogens (tertiary/aromatic N) is 4. The van der Waals surface area contributed by atoms with E-state index < -0.39 is 0 Å². The van der Waals surface area contributed by atoms with Gasteiger partial charge in [0.25, 0.3) is 0 Å². The minimum Gasteiger partial charge on any atom is -0.369 e. The van der Waals surface area contributed by atoms with Crippen molar-refractivity contribution in [2.24, 2.45) is 17.6 Å². The number of anilines is 1. The fourth-order valence-electron chi connectivity index (χ4n) is 3.74. The van der Waals surface area contributed by atoms with Gasteiger partial charge in [-0.15, -0.1) is 0 Å². The van der Waals surface area contributed by atoms with E-state index in [2.05, 4.69) is 16.0 Å². The molecule has 0 aromatic carbocycles. The molecule has 2 aliphatic rings. The van der Waals surface area contributed by atoms with Gasteiger partial charge >= 0.3 is 0 Å². The summed E-state index contributed by atoms with van der Waals surface area (Å²) >= 11 is 0. The molecule has 1 aromatic heterocycles. The standard InChI is InChI=1S/C18H23N5O2/c19-11-14-3-1-7-21-17(14)22-9-5-13(6-10-22)18(25)23-8-2-4-15(12-23)16(20)24/h1,3,7,13,15H,2,4-6,8-10,12H2,(H2,20,24)/t15-/m0/s1. The van der Waals surface area contributed by atoms with Gasteiger partial charge in [-0.3, -0.25) is 9.59 Å². The highest BCUT2D eigenvalue weighted by atomic mass is 16.2. The maximum atomic E-state index is 12.8. The van der Waals surface area contributed by atoms with Crippen LogP contribution in [0.3, 0.4) is 0 Å². The van der Waals surface area contributed by atoms with E-state index >= 15 is 0 Å². The molecule has 0 aliphatic carbocycles. The summed E-state index contributed by atoms with van der Waals surface area (Å²) in [7, 11) is 0. The number of carbonyl (C=O) groups is 2. The van der Waals surface area contributed by atoms with Crippen molar-refractivity contribution in [3.8, 4) is 6.07 Å². The number of pyridine rings is 1. The molecule has 2 fully saturated rings. The first kappa shape index (κ1) is 17.2. The quantitative estimate of drug-likeness (QED) is 0.879. The van der Waals surface area contributed by atoms with Crippen LogP contribution in [0.1, 0.15) is 31.2 Å². The van der Waals surface area contributed by atoms with E-state index in [4.69, 9.17) is 5.73 Å². The molecule has 25 heavy (non-hydrogen) atoms. The zero-order valence-electron chi connectivity index (χ0n) is 14.2. The van der Waals surface area contributed by atoms with E-state index in [1.807, 2.05) is 0 Å². The summed E-state index contributed by atoms with van der Waals surface area (Å²) in [4.78, 5) is 32.4. The third-order valence-corrected chi connectivity index (χ3v) is 5.19. The van der Waals surface area contributed by atoms with E-state index in [9.17, 15) is 14.9 Å². The molecule has 2 aliphatic heterocycles. The number of rotatable bonds is 3. The van der Waals surface area contributed by atoms with Crippen LogP contribution < -0.4 is 10.6 Å². The molecule has 7 heteroatoms. The average molecular weight is 341 g/mol. The second-order valence-corrected chi connectivity index (χ2v) is 6.77. The molecule has 0 saturated carbocycles. The second-order valence-electron chi connectivity index (χ2n) is 6.77. The average Bonchev–Trinajstić information content (AvgIpc) is 2.67. The van der Waals surface area contributed by atoms with Gasteiger partial charge in [0.05, 0.1) is 11.5 Å². The number of hydrogen-bond acceptors (Lipinski definition) is 5. The van der Waals surface area contributed by atoms with Crippen LogP contribution in [0.25, 0.3) is 0 Å². The summed E-state index contributed by atoms with van der Waals surface area (Å²) < 4.78 is 0. The summed E-state index contributed by atoms with van der Waals surface area (Å²) in [5.41, 5.74) is 5.96. The molecule has 3 rings (SSSR count). The van der Waals surface area contributed by atoms with Gasteiger partial charge in [0.15, 0.2) is 0 Å². The SMILES string of the molecule is N#Cc1cccnc1N1CCC(C(=O)N2CCC[C@H](C(N)=O)C2)CC1. The number of amides is 2. The Kier molecular flexibility index (Phi) is 5.17. The molecule has 7 nitrogen and oxygen atoms in total. The molecule has 132 valence electrons. The largest absolute Gasteiger partial charge is 0.369 e. The van der Waals surface area contributed by atoms with Crippen LogP contribution in [0, 0.1) is 23.2 Å². The van der Waals surface area contributed by atoms with E-state index in [1.165, 1.54) is 0 Å². The lowest BCUT2D eigenvalue weighted by molar-refractivity contribution is -0.139. The smallest absolute Gasteiger partial charge is 0.225 e. The predicted molar refractivity (Wildman–Crippen MR) is 92.4 cm³/mol. The summed E-state index contributed by atoms with van der Waals surface area (Å²) in [6.07, 6.45) is 4.76. The van der Waals surface area contributed by atoms with Crippen LogP contribution in [-0.2, 0) is 9.59 Å². The van der Waals surface area contributed by atoms with Crippen LogP contribution in [0.5, 0.6) is 0 Å². The zero-order chi connectivity index (χ0) is 17.8. The van der Waals surface area contributed by atoms with Gasteiger partial charge < -0.3 is 15.5 Å². The molecular weight excluding hydrogens is 318 g/mol. The Morgan fingerprint density at radius 1 is 1.20 bits per heavy atom. The maximum Gasteiger partial charge on any atom is 0.225 e. The third kappa shape index (κ3) is 3.73. The summed E-state index contributed by atoms with van der Waals surface area (Å²) in [5, 5.41) is 9.21. The highest BCUT2D eigenvalue weighted by Crippen LogP contribution is 2.27. The van der Waals surface area contributed by atoms with Gasteiger partial charge in [-0.1, -0.05) is 0 Å². The lowest BCUT2D eigenvalue weighted by Crippen LogP contribution is -2.48. The highest BCUT2D eigenvalue weighted by Gasteiger charge is 2.33. The Balaban J connectivity index is 1.59. The Morgan fingerprint density at radius 3 is 2.64 bits per heavy atom. The maximum absolute atomic E-state index is 12.8. The van der Waals surface area contributed by atoms with Gasteiger partial charge in [0.1, 0.15) is 11.9 Å². The number of aromatic nitrogens is 1. The van der Waals surface area contributed by atoms with Crippen molar-refractivity contribution in [2.75, 3.05) is 31.1 Å². The molecular formula is C18H23N5O2. The molecule has 0 unspecified atom stereocenters. The first-order valence-electron chi connectivity index (χ1n) is 8.78. The predicted octanol–water partition coefficient (Wildman–Crippen LogP) is 0.894. The number of nitrogens with two attached hydrogens (primary N) is 1. The van der Waals surface area contributed by atoms with Crippen molar-refractivity contribution >= 4 is 17.6 Å². The molecule has 3 heterocycles. The Morgan fingerprint density at radius 2 is 1.96 bits per heavy atom. The summed E-state index contributed by atoms with van der Waals surface area (Å²) in [5.74, 6) is 0.267. The summed E-state index contributed by atoms with van der Waals surface area (Å²) in [6.45, 7) is 2.57. The van der Waals surface area contributed by atoms with Crippen molar-refractivity contribution in [3.05, 3.63) is 23.9 Å². The first-order chi connectivity index (χ1) is 12.1. The van der Waals surface area contributed by atoms with Crippen LogP contribution in [0.4, 0.5) is 5.82 Å². The Hall–Kier alpha value is -2.62. The fraction of sp³-hybridized carbons (Fsp3) is 0.556. The Labute approximate surface area is 147 Å². The number of primary amides is 1. The summed E-state index contributed by atoms with van der Waals surface area (Å²) in [6, 6.07) is 5.69. The zero-order valence-corrected chi connectivity index (χ0v) is 14.2. The number of piperidine rings is 2. The van der Waals surface area contributed by atoms with Gasteiger partial charge in [0, 0.05) is 38.3 Å². The van der Waals surface area contributed by atoms with Crippen molar-refractivity contribution in [3.63, 3.8) is 0 Å². The van der Waals surface area contributed by atoms with Crippen molar-refractivity contribution in [1.29, 1.82) is 5.26 Å². The van der Waals surface area contributed by atoms with E-state index in [0.29, 0.717) is 37.6 Å². The molecule has 0 radical (unpaired) electrons. The minimum atomic E-state index is -0.313. The molecule has 0 bridgehead atoms. The third-order valence-electron chi connectivity index (χ3n) is 5.19. The molecule has 2 N–H and O–H groups in total. The lowest BCUT2D eigenvalue weighted by Gasteiger charge is -2.37. The minimum absolute atomic E-state index is 0.0304. The number of likely N-dealkylation sites (tertiary alicyclic amines) is 1. The van der Waals surface area contributed by atoms with Crippen LogP contribution in [-0.4, -0.2) is 47.9 Å². The molecule has 1 atom stereocenters. The van der Waals surface area contributed by atoms with E-state index in [-0.39, 0.29) is 23.7 Å². The van der Waals surface area contributed by atoms with Crippen molar-refractivity contribution < 1.29 is 9.59 Å². The van der Waals surface area contributed by atoms with Crippen LogP contribution in [0.2, 0.25) is 0 Å². The molecule has 1 aromatic rings. The van der Waals surface area contributed by atoms with E-state index in [0.717, 1.165) is 25.7 Å². The molecule has 2 amide bonds. The monoisotopic (exact) mass is 341 g/mol. The van der Waals surface area contributed by atoms with Gasteiger partial charge in [-0.25, -0.2) is 4.98 Å². The second kappa shape index (κ2) is 7.51. The molecule has 0 spiro atoms. The fourth-order valence-corrected chi connectivity index (χ4v) is 3.74. The van der Waals surface area contributed by atoms with Crippen LogP contribution >= 0.6 is 0 Å². The first-order valence-corrected chi connectivity index (χ1v) is 8.78. The van der Waals surface area contributed by atoms with Crippen molar-refractivity contribution in [2.45, 2.75) is 25.7 Å².